The summed E-state index contributed by atoms with van der Waals surface area (Å²) in [6.45, 7) is 11.4. The van der Waals surface area contributed by atoms with Crippen LogP contribution in [0.5, 0.6) is 0 Å². The summed E-state index contributed by atoms with van der Waals surface area (Å²) in [6, 6.07) is 2.56. The van der Waals surface area contributed by atoms with Gasteiger partial charge in [-0.2, -0.15) is 11.8 Å². The number of thioether (sulfide) groups is 11. The average Bonchev–Trinajstić information content (AvgIpc) is 0.771. The molecule has 134 heavy (non-hydrogen) atoms. The maximum absolute atomic E-state index is 18.7. The second-order valence-electron chi connectivity index (χ2n) is 32.5. The summed E-state index contributed by atoms with van der Waals surface area (Å²) in [4.78, 5) is 10.8. The number of unbranched alkanes of at least 4 members (excludes halogenated alkanes) is 44. The number of hydrogen-bond acceptors (Lipinski definition) is 11. The minimum atomic E-state index is -0.219. The van der Waals surface area contributed by atoms with Crippen molar-refractivity contribution in [1.29, 1.82) is 0 Å². The van der Waals surface area contributed by atoms with Gasteiger partial charge in [0, 0.05) is 57.3 Å². The zero-order valence-electron chi connectivity index (χ0n) is 81.5. The predicted molar refractivity (Wildman–Crippen MR) is 605 cm³/mol. The molecule has 0 nitrogen and oxygen atoms in total. The van der Waals surface area contributed by atoms with Gasteiger partial charge in [-0.1, -0.05) is 317 Å². The van der Waals surface area contributed by atoms with Gasteiger partial charge < -0.3 is 0 Å². The van der Waals surface area contributed by atoms with Crippen LogP contribution in [0.15, 0.2) is 55.0 Å². The summed E-state index contributed by atoms with van der Waals surface area (Å²) in [5.41, 5.74) is 0. The molecule has 0 N–H and O–H groups in total. The third-order valence-corrected chi connectivity index (χ3v) is 34.7. The highest BCUT2D eigenvalue weighted by atomic mass is 32.2. The molecule has 1 aliphatic rings. The Morgan fingerprint density at radius 3 is 0.761 bits per heavy atom. The fourth-order valence-corrected chi connectivity index (χ4v) is 27.4. The lowest BCUT2D eigenvalue weighted by molar-refractivity contribution is 0.315. The molecule has 0 aliphatic heterocycles. The van der Waals surface area contributed by atoms with E-state index in [9.17, 15) is 0 Å². The Labute approximate surface area is 866 Å². The molecule has 0 bridgehead atoms. The highest BCUT2D eigenvalue weighted by Crippen LogP contribution is 2.53. The summed E-state index contributed by atoms with van der Waals surface area (Å²) in [6.07, 6.45) is 82.4. The van der Waals surface area contributed by atoms with E-state index >= 15 is 4.39 Å². The summed E-state index contributed by atoms with van der Waals surface area (Å²) < 4.78 is 18.7. The maximum Gasteiger partial charge on any atom is 0.153 e. The fraction of sp³-hybridized carbons (Fsp3) is 0.557. The van der Waals surface area contributed by atoms with Crippen LogP contribution in [0.3, 0.4) is 0 Å². The van der Waals surface area contributed by atoms with Crippen molar-refractivity contribution in [3.8, 4) is 248 Å². The lowest BCUT2D eigenvalue weighted by Crippen LogP contribution is -2.18. The van der Waals surface area contributed by atoms with Crippen molar-refractivity contribution in [2.75, 3.05) is 51.8 Å². The standard InChI is InChI=1S/C122H143FS11/c1-9-17-24-31-38-45-52-59-66-73-80-87-98-125-112-107-113(116(127-100-89-82-75-68-61-54-47-40-33-26-19-11-3)119(132-106-105-124-16-8)115(112)126-99-88-81-74-67-60-53-46-39-32-25-18-10-2)133-108-110-94-96-111(97-95-110)109-134-118-114(123)117(128-101-90-83-76-69-62-55-48-41-34-27-20-12-4)120(129-102-91-84-77-70-63-56-49-42-35-28-21-13-5)122(131-104-93-86-79-72-65-58-51-44-37-30-23-15-7)121(118)130-103-92-85-78-71-64-57-50-43-36-29-22-14-6/h3-4,7,107,110-111H,9-10,13-14,16-18,21-22,24-25,28-29,31-32,35-36,38-39,42-43,45-46,49-50,52-53,56-57,59-60,63-64,66-67,70-71,73-74,77-78,80-81,84-85,87-88,91-92,94-99,102-103,105-106,108-109H2,1-2,5-6,8H3. The zero-order chi connectivity index (χ0) is 95.7. The summed E-state index contributed by atoms with van der Waals surface area (Å²) in [5.74, 6) is 106. The molecule has 0 heterocycles. The quantitative estimate of drug-likeness (QED) is 0.0353. The minimum absolute atomic E-state index is 0.219. The van der Waals surface area contributed by atoms with Crippen LogP contribution in [0.4, 0.5) is 4.39 Å². The largest absolute Gasteiger partial charge is 0.204 e. The van der Waals surface area contributed by atoms with E-state index in [1.165, 1.54) is 331 Å². The summed E-state index contributed by atoms with van der Waals surface area (Å²) in [7, 11) is 0. The molecule has 0 amide bonds. The van der Waals surface area contributed by atoms with Gasteiger partial charge in [0.2, 0.25) is 0 Å². The molecule has 2 aromatic carbocycles. The fourth-order valence-electron chi connectivity index (χ4n) is 14.4. The molecular formula is C122H143FS11. The molecule has 2 aromatic rings. The first-order valence-corrected chi connectivity index (χ1v) is 60.4. The first kappa shape index (κ1) is 121. The molecular weight excluding hydrogens is 1840 g/mol. The van der Waals surface area contributed by atoms with E-state index in [0.29, 0.717) is 21.6 Å². The van der Waals surface area contributed by atoms with Crippen molar-refractivity contribution >= 4 is 129 Å². The lowest BCUT2D eigenvalue weighted by atomic mass is 9.84. The van der Waals surface area contributed by atoms with E-state index < -0.39 is 0 Å². The summed E-state index contributed by atoms with van der Waals surface area (Å²) in [5, 5.41) is 10.0. The average molecular weight is 1980 g/mol. The molecule has 1 saturated carbocycles. The Balaban J connectivity index is 2.24. The molecule has 1 aliphatic carbocycles. The van der Waals surface area contributed by atoms with Crippen molar-refractivity contribution < 1.29 is 4.39 Å². The maximum atomic E-state index is 18.7. The van der Waals surface area contributed by atoms with Crippen molar-refractivity contribution in [2.24, 2.45) is 11.8 Å². The lowest BCUT2D eigenvalue weighted by Gasteiger charge is -2.29. The molecule has 0 unspecified atom stereocenters. The topological polar surface area (TPSA) is 0 Å². The van der Waals surface area contributed by atoms with Gasteiger partial charge in [0.15, 0.2) is 5.82 Å². The molecule has 0 radical (unpaired) electrons. The van der Waals surface area contributed by atoms with E-state index in [2.05, 4.69) is 293 Å². The van der Waals surface area contributed by atoms with Crippen molar-refractivity contribution in [3.63, 3.8) is 0 Å². The second-order valence-corrected chi connectivity index (χ2v) is 44.0. The van der Waals surface area contributed by atoms with Crippen LogP contribution in [0, 0.1) is 266 Å². The van der Waals surface area contributed by atoms with E-state index in [1.807, 2.05) is 35.3 Å². The van der Waals surface area contributed by atoms with Crippen molar-refractivity contribution in [3.05, 3.63) is 11.9 Å². The number of rotatable bonds is 70. The molecule has 0 saturated heterocycles. The van der Waals surface area contributed by atoms with Crippen molar-refractivity contribution in [2.45, 2.75) is 417 Å². The van der Waals surface area contributed by atoms with Crippen LogP contribution in [-0.4, -0.2) is 51.8 Å². The highest BCUT2D eigenvalue weighted by molar-refractivity contribution is 8.09. The van der Waals surface area contributed by atoms with Crippen LogP contribution < -0.4 is 0 Å². The van der Waals surface area contributed by atoms with Crippen LogP contribution in [0.25, 0.3) is 0 Å². The Morgan fingerprint density at radius 1 is 0.224 bits per heavy atom. The van der Waals surface area contributed by atoms with Gasteiger partial charge in [0.1, 0.15) is 0 Å². The smallest absolute Gasteiger partial charge is 0.153 e. The molecule has 12 heteroatoms. The Hall–Kier alpha value is -7.02. The van der Waals surface area contributed by atoms with Crippen LogP contribution >= 0.6 is 129 Å². The number of benzene rings is 2. The van der Waals surface area contributed by atoms with Gasteiger partial charge >= 0.3 is 0 Å². The molecule has 0 spiro atoms. The van der Waals surface area contributed by atoms with Gasteiger partial charge in [-0.15, -0.1) is 102 Å². The second kappa shape index (κ2) is 94.9. The normalized spacial score (nSPS) is 11.3. The number of terminal acetylenes is 3. The zero-order valence-corrected chi connectivity index (χ0v) is 90.4. The molecule has 704 valence electrons. The van der Waals surface area contributed by atoms with Crippen molar-refractivity contribution in [1.82, 2.24) is 0 Å². The highest BCUT2D eigenvalue weighted by Gasteiger charge is 2.30. The Kier molecular flexibility index (Phi) is 85.8. The monoisotopic (exact) mass is 1980 g/mol. The van der Waals surface area contributed by atoms with Crippen LogP contribution in [0.1, 0.15) is 369 Å². The third kappa shape index (κ3) is 68.1. The minimum Gasteiger partial charge on any atom is -0.204 e. The Bertz CT molecular complexity index is 5100. The predicted octanol–water partition coefficient (Wildman–Crippen LogP) is 33.6. The SMILES string of the molecule is C#CC#CC#CC#CC#CC#CC#CSc1c(SCC2CCC(CSc3c(F)c(SC#CC#CC#CC#CC#CC#CC#C)c(SCCCCCCCCCCCCCC)c(SC#CC#CC#CC#CC#CC#CC#C)c3SCCCCCCCCCCCCCC)CC2)cc(SCCCCCCCCCCCCCC)c(SCCCCCCCCCCCCCC)c1SCCSCC. The molecule has 3 rings (SSSR count). The van der Waals surface area contributed by atoms with E-state index in [1.54, 1.807) is 47.0 Å². The number of hydrogen-bond donors (Lipinski definition) is 0. The molecule has 0 atom stereocenters. The van der Waals surface area contributed by atoms with Gasteiger partial charge in [0.05, 0.1) is 14.7 Å². The van der Waals surface area contributed by atoms with Crippen LogP contribution in [0.2, 0.25) is 0 Å². The van der Waals surface area contributed by atoms with Crippen LogP contribution in [-0.2, 0) is 0 Å². The number of halogens is 1. The molecule has 1 fully saturated rings. The summed E-state index contributed by atoms with van der Waals surface area (Å²) >= 11 is 19.8. The van der Waals surface area contributed by atoms with Gasteiger partial charge in [0.25, 0.3) is 0 Å². The van der Waals surface area contributed by atoms with E-state index in [4.69, 9.17) is 19.3 Å². The van der Waals surface area contributed by atoms with Gasteiger partial charge in [-0.3, -0.25) is 0 Å². The molecule has 0 aromatic heterocycles. The van der Waals surface area contributed by atoms with Gasteiger partial charge in [-0.05, 0) is 362 Å². The van der Waals surface area contributed by atoms with E-state index in [0.717, 1.165) is 118 Å². The third-order valence-electron chi connectivity index (χ3n) is 21.6. The van der Waals surface area contributed by atoms with Gasteiger partial charge in [-0.25, -0.2) is 4.39 Å². The van der Waals surface area contributed by atoms with E-state index in [-0.39, 0.29) is 5.82 Å². The Morgan fingerprint density at radius 2 is 0.455 bits per heavy atom. The first-order chi connectivity index (χ1) is 66.4. The first-order valence-electron chi connectivity index (χ1n) is 49.9.